The summed E-state index contributed by atoms with van der Waals surface area (Å²) in [5, 5.41) is 0. The molecular formula is C22H27FN2O. The van der Waals surface area contributed by atoms with Crippen LogP contribution >= 0.6 is 0 Å². The summed E-state index contributed by atoms with van der Waals surface area (Å²) in [6, 6.07) is 17.1. The molecule has 3 nitrogen and oxygen atoms in total. The Balaban J connectivity index is 1.61. The topological polar surface area (TPSA) is 46.3 Å². The minimum absolute atomic E-state index is 0.123. The first kappa shape index (κ1) is 18.6. The first-order valence-electron chi connectivity index (χ1n) is 9.37. The molecular weight excluding hydrogens is 327 g/mol. The van der Waals surface area contributed by atoms with Gasteiger partial charge >= 0.3 is 0 Å². The Kier molecular flexibility index (Phi) is 6.04. The van der Waals surface area contributed by atoms with Crippen molar-refractivity contribution < 1.29 is 9.18 Å². The van der Waals surface area contributed by atoms with Crippen LogP contribution in [0.3, 0.4) is 0 Å². The van der Waals surface area contributed by atoms with E-state index in [9.17, 15) is 9.18 Å². The second kappa shape index (κ2) is 8.45. The Labute approximate surface area is 155 Å². The summed E-state index contributed by atoms with van der Waals surface area (Å²) in [7, 11) is 0. The van der Waals surface area contributed by atoms with Crippen molar-refractivity contribution in [3.05, 3.63) is 71.5 Å². The summed E-state index contributed by atoms with van der Waals surface area (Å²) >= 11 is 0. The van der Waals surface area contributed by atoms with Gasteiger partial charge in [-0.1, -0.05) is 55.5 Å². The Bertz CT molecular complexity index is 734. The molecule has 4 heteroatoms. The number of nitrogens with zero attached hydrogens (tertiary/aromatic N) is 1. The monoisotopic (exact) mass is 354 g/mol. The van der Waals surface area contributed by atoms with Gasteiger partial charge in [0.15, 0.2) is 0 Å². The Morgan fingerprint density at radius 3 is 2.54 bits per heavy atom. The maximum atomic E-state index is 13.8. The molecule has 1 aliphatic rings. The number of nitrogens with two attached hydrogens (primary N) is 1. The Hall–Kier alpha value is -2.20. The molecule has 1 amide bonds. The van der Waals surface area contributed by atoms with E-state index < -0.39 is 0 Å². The van der Waals surface area contributed by atoms with E-state index in [1.807, 2.05) is 36.1 Å². The summed E-state index contributed by atoms with van der Waals surface area (Å²) < 4.78 is 13.8. The highest BCUT2D eigenvalue weighted by Crippen LogP contribution is 2.33. The third-order valence-electron chi connectivity index (χ3n) is 5.51. The van der Waals surface area contributed by atoms with Crippen molar-refractivity contribution in [2.45, 2.75) is 25.7 Å². The van der Waals surface area contributed by atoms with E-state index in [0.29, 0.717) is 43.3 Å². The normalized spacial score (nSPS) is 21.0. The molecule has 0 aliphatic carbocycles. The third-order valence-corrected chi connectivity index (χ3v) is 5.51. The molecule has 3 atom stereocenters. The first-order valence-corrected chi connectivity index (χ1v) is 9.37. The van der Waals surface area contributed by atoms with Gasteiger partial charge in [0.25, 0.3) is 0 Å². The lowest BCUT2D eigenvalue weighted by atomic mass is 9.89. The van der Waals surface area contributed by atoms with Crippen molar-refractivity contribution in [3.63, 3.8) is 0 Å². The molecule has 0 radical (unpaired) electrons. The SMILES string of the molecule is CC(CCc1ccccc1F)C(=O)N1C[C@@H](CN)[C@H](c2ccccc2)C1. The van der Waals surface area contributed by atoms with Gasteiger partial charge in [0.05, 0.1) is 0 Å². The number of aryl methyl sites for hydroxylation is 1. The van der Waals surface area contributed by atoms with Crippen LogP contribution in [0.25, 0.3) is 0 Å². The number of carbonyl (C=O) groups excluding carboxylic acids is 1. The average molecular weight is 354 g/mol. The summed E-state index contributed by atoms with van der Waals surface area (Å²) in [5.41, 5.74) is 7.90. The fourth-order valence-corrected chi connectivity index (χ4v) is 3.88. The number of benzene rings is 2. The molecule has 2 aromatic rings. The minimum Gasteiger partial charge on any atom is -0.341 e. The largest absolute Gasteiger partial charge is 0.341 e. The molecule has 0 saturated carbocycles. The van der Waals surface area contributed by atoms with Crippen LogP contribution in [-0.2, 0) is 11.2 Å². The molecule has 0 aromatic heterocycles. The van der Waals surface area contributed by atoms with Gasteiger partial charge in [-0.3, -0.25) is 4.79 Å². The van der Waals surface area contributed by atoms with E-state index >= 15 is 0 Å². The van der Waals surface area contributed by atoms with Crippen LogP contribution in [0.4, 0.5) is 4.39 Å². The zero-order valence-corrected chi connectivity index (χ0v) is 15.3. The van der Waals surface area contributed by atoms with Gasteiger partial charge in [0.2, 0.25) is 5.91 Å². The van der Waals surface area contributed by atoms with E-state index in [-0.39, 0.29) is 17.6 Å². The number of hydrogen-bond donors (Lipinski definition) is 1. The first-order chi connectivity index (χ1) is 12.6. The number of amides is 1. The summed E-state index contributed by atoms with van der Waals surface area (Å²) in [4.78, 5) is 14.8. The number of likely N-dealkylation sites (tertiary alicyclic amines) is 1. The van der Waals surface area contributed by atoms with Crippen molar-refractivity contribution in [2.24, 2.45) is 17.6 Å². The van der Waals surface area contributed by atoms with Gasteiger partial charge in [-0.2, -0.15) is 0 Å². The van der Waals surface area contributed by atoms with Crippen LogP contribution in [-0.4, -0.2) is 30.4 Å². The number of halogens is 1. The highest BCUT2D eigenvalue weighted by Gasteiger charge is 2.36. The van der Waals surface area contributed by atoms with Gasteiger partial charge in [-0.15, -0.1) is 0 Å². The van der Waals surface area contributed by atoms with Crippen molar-refractivity contribution in [1.82, 2.24) is 4.90 Å². The van der Waals surface area contributed by atoms with Gasteiger partial charge in [-0.25, -0.2) is 4.39 Å². The molecule has 2 N–H and O–H groups in total. The van der Waals surface area contributed by atoms with Gasteiger partial charge in [0, 0.05) is 24.9 Å². The van der Waals surface area contributed by atoms with E-state index in [4.69, 9.17) is 5.73 Å². The van der Waals surface area contributed by atoms with Crippen LogP contribution in [0.15, 0.2) is 54.6 Å². The third kappa shape index (κ3) is 4.13. The van der Waals surface area contributed by atoms with Gasteiger partial charge < -0.3 is 10.6 Å². The predicted octanol–water partition coefficient (Wildman–Crippen LogP) is 3.60. The predicted molar refractivity (Wildman–Crippen MR) is 102 cm³/mol. The molecule has 2 aromatic carbocycles. The number of rotatable bonds is 6. The lowest BCUT2D eigenvalue weighted by molar-refractivity contribution is -0.134. The molecule has 1 unspecified atom stereocenters. The highest BCUT2D eigenvalue weighted by molar-refractivity contribution is 5.79. The maximum Gasteiger partial charge on any atom is 0.225 e. The summed E-state index contributed by atoms with van der Waals surface area (Å²) in [5.74, 6) is 0.422. The van der Waals surface area contributed by atoms with Gasteiger partial charge in [-0.05, 0) is 42.5 Å². The summed E-state index contributed by atoms with van der Waals surface area (Å²) in [6.45, 7) is 3.94. The lowest BCUT2D eigenvalue weighted by Gasteiger charge is -2.21. The quantitative estimate of drug-likeness (QED) is 0.862. The van der Waals surface area contributed by atoms with E-state index in [1.165, 1.54) is 11.6 Å². The van der Waals surface area contributed by atoms with E-state index in [1.54, 1.807) is 12.1 Å². The van der Waals surface area contributed by atoms with E-state index in [0.717, 1.165) is 6.54 Å². The van der Waals surface area contributed by atoms with Crippen LogP contribution < -0.4 is 5.73 Å². The average Bonchev–Trinajstić information content (AvgIpc) is 3.11. The lowest BCUT2D eigenvalue weighted by Crippen LogP contribution is -2.34. The molecule has 0 spiro atoms. The fourth-order valence-electron chi connectivity index (χ4n) is 3.88. The second-order valence-corrected chi connectivity index (χ2v) is 7.29. The molecule has 1 fully saturated rings. The molecule has 1 heterocycles. The highest BCUT2D eigenvalue weighted by atomic mass is 19.1. The van der Waals surface area contributed by atoms with Crippen LogP contribution in [0.2, 0.25) is 0 Å². The van der Waals surface area contributed by atoms with Gasteiger partial charge in [0.1, 0.15) is 5.82 Å². The molecule has 1 aliphatic heterocycles. The van der Waals surface area contributed by atoms with E-state index in [2.05, 4.69) is 12.1 Å². The van der Waals surface area contributed by atoms with Crippen molar-refractivity contribution >= 4 is 5.91 Å². The smallest absolute Gasteiger partial charge is 0.225 e. The standard InChI is InChI=1S/C22H27FN2O/c1-16(11-12-18-9-5-6-10-21(18)23)22(26)25-14-19(13-24)20(15-25)17-7-3-2-4-8-17/h2-10,16,19-20H,11-15,24H2,1H3/t16?,19-,20+/m1/s1. The molecule has 3 rings (SSSR count). The maximum absolute atomic E-state index is 13.8. The molecule has 1 saturated heterocycles. The molecule has 26 heavy (non-hydrogen) atoms. The van der Waals surface area contributed by atoms with Crippen molar-refractivity contribution in [1.29, 1.82) is 0 Å². The second-order valence-electron chi connectivity index (χ2n) is 7.29. The Morgan fingerprint density at radius 2 is 1.85 bits per heavy atom. The number of hydrogen-bond acceptors (Lipinski definition) is 2. The zero-order chi connectivity index (χ0) is 18.5. The molecule has 138 valence electrons. The summed E-state index contributed by atoms with van der Waals surface area (Å²) in [6.07, 6.45) is 1.23. The van der Waals surface area contributed by atoms with Crippen LogP contribution in [0.5, 0.6) is 0 Å². The Morgan fingerprint density at radius 1 is 1.15 bits per heavy atom. The van der Waals surface area contributed by atoms with Crippen molar-refractivity contribution in [2.75, 3.05) is 19.6 Å². The fraction of sp³-hybridized carbons (Fsp3) is 0.409. The van der Waals surface area contributed by atoms with Crippen molar-refractivity contribution in [3.8, 4) is 0 Å². The minimum atomic E-state index is -0.194. The van der Waals surface area contributed by atoms with Crippen LogP contribution in [0.1, 0.15) is 30.4 Å². The number of carbonyl (C=O) groups is 1. The zero-order valence-electron chi connectivity index (χ0n) is 15.3. The van der Waals surface area contributed by atoms with Crippen LogP contribution in [0, 0.1) is 17.7 Å². The molecule has 0 bridgehead atoms.